The van der Waals surface area contributed by atoms with E-state index in [0.29, 0.717) is 12.0 Å². The summed E-state index contributed by atoms with van der Waals surface area (Å²) in [5.41, 5.74) is -0.857. The highest BCUT2D eigenvalue weighted by Crippen LogP contribution is 2.32. The number of benzene rings is 2. The smallest absolute Gasteiger partial charge is 0.331 e. The van der Waals surface area contributed by atoms with E-state index in [4.69, 9.17) is 23.7 Å². The van der Waals surface area contributed by atoms with E-state index in [1.54, 1.807) is 12.1 Å². The van der Waals surface area contributed by atoms with Crippen LogP contribution in [0.2, 0.25) is 0 Å². The van der Waals surface area contributed by atoms with Crippen molar-refractivity contribution in [3.63, 3.8) is 0 Å². The topological polar surface area (TPSA) is 225 Å². The van der Waals surface area contributed by atoms with Crippen LogP contribution in [0.5, 0.6) is 17.2 Å². The van der Waals surface area contributed by atoms with E-state index in [1.807, 2.05) is 0 Å². The minimum absolute atomic E-state index is 0.0293. The first-order chi connectivity index (χ1) is 20.0. The van der Waals surface area contributed by atoms with Crippen molar-refractivity contribution in [3.05, 3.63) is 59.7 Å². The van der Waals surface area contributed by atoms with Crippen LogP contribution in [0.1, 0.15) is 11.1 Å². The number of phenols is 3. The van der Waals surface area contributed by atoms with Gasteiger partial charge in [0, 0.05) is 6.08 Å². The molecule has 8 N–H and O–H groups in total. The molecule has 0 spiro atoms. The second-order valence-corrected chi connectivity index (χ2v) is 9.97. The van der Waals surface area contributed by atoms with Gasteiger partial charge in [-0.05, 0) is 47.9 Å². The fourth-order valence-electron chi connectivity index (χ4n) is 4.47. The van der Waals surface area contributed by atoms with E-state index in [0.717, 1.165) is 11.6 Å². The maximum atomic E-state index is 12.6. The van der Waals surface area contributed by atoms with E-state index in [1.165, 1.54) is 36.4 Å². The number of ether oxygens (including phenoxy) is 5. The zero-order valence-corrected chi connectivity index (χ0v) is 22.3. The van der Waals surface area contributed by atoms with Crippen molar-refractivity contribution in [2.75, 3.05) is 26.4 Å². The summed E-state index contributed by atoms with van der Waals surface area (Å²) in [6, 6.07) is 10.2. The standard InChI is InChI=1S/C28H34O14/c29-12-20-23(41-21(34)8-4-16-3-7-18(32)19(33)11-16)22(35)24(42-27-25(36)28(37,13-30)14-39-27)26(40-20)38-10-9-15-1-5-17(31)6-2-15/h1-8,11,20,22-27,29-33,35-37H,9-10,12-14H2/b8-4+/t20-,22+,23+,24-,25-,26+,27+,28-/m0/s1. The van der Waals surface area contributed by atoms with Crippen LogP contribution < -0.4 is 0 Å². The molecule has 14 heteroatoms. The molecule has 0 amide bonds. The predicted octanol–water partition coefficient (Wildman–Crippen LogP) is -1.11. The first-order valence-electron chi connectivity index (χ1n) is 13.1. The van der Waals surface area contributed by atoms with Gasteiger partial charge in [-0.2, -0.15) is 0 Å². The largest absolute Gasteiger partial charge is 0.508 e. The number of esters is 1. The van der Waals surface area contributed by atoms with E-state index in [9.17, 15) is 45.6 Å². The number of carbonyl (C=O) groups excluding carboxylic acids is 1. The lowest BCUT2D eigenvalue weighted by molar-refractivity contribution is -0.336. The minimum Gasteiger partial charge on any atom is -0.508 e. The average Bonchev–Trinajstić information content (AvgIpc) is 3.26. The molecule has 0 bridgehead atoms. The Morgan fingerprint density at radius 3 is 2.38 bits per heavy atom. The maximum Gasteiger partial charge on any atom is 0.331 e. The van der Waals surface area contributed by atoms with Crippen molar-refractivity contribution in [1.29, 1.82) is 0 Å². The van der Waals surface area contributed by atoms with Gasteiger partial charge in [0.15, 0.2) is 30.2 Å². The zero-order chi connectivity index (χ0) is 30.4. The summed E-state index contributed by atoms with van der Waals surface area (Å²) >= 11 is 0. The lowest BCUT2D eigenvalue weighted by atomic mass is 9.97. The molecule has 2 saturated heterocycles. The van der Waals surface area contributed by atoms with Crippen LogP contribution in [-0.2, 0) is 34.9 Å². The number of hydrogen-bond acceptors (Lipinski definition) is 14. The van der Waals surface area contributed by atoms with Gasteiger partial charge in [0.25, 0.3) is 0 Å². The first-order valence-corrected chi connectivity index (χ1v) is 13.1. The van der Waals surface area contributed by atoms with Gasteiger partial charge < -0.3 is 64.5 Å². The number of carbonyl (C=O) groups is 1. The van der Waals surface area contributed by atoms with Crippen LogP contribution in [-0.4, -0.2) is 122 Å². The van der Waals surface area contributed by atoms with Crippen LogP contribution in [0.4, 0.5) is 0 Å². The first kappa shape index (κ1) is 31.6. The third-order valence-electron chi connectivity index (χ3n) is 6.94. The average molecular weight is 595 g/mol. The van der Waals surface area contributed by atoms with Crippen molar-refractivity contribution in [2.24, 2.45) is 0 Å². The van der Waals surface area contributed by atoms with Gasteiger partial charge in [0.1, 0.15) is 35.8 Å². The zero-order valence-electron chi connectivity index (χ0n) is 22.3. The van der Waals surface area contributed by atoms with E-state index < -0.39 is 80.2 Å². The predicted molar refractivity (Wildman–Crippen MR) is 141 cm³/mol. The van der Waals surface area contributed by atoms with Crippen LogP contribution in [0.3, 0.4) is 0 Å². The van der Waals surface area contributed by atoms with E-state index in [-0.39, 0.29) is 18.1 Å². The van der Waals surface area contributed by atoms with Gasteiger partial charge in [-0.25, -0.2) is 4.79 Å². The molecule has 0 radical (unpaired) electrons. The number of rotatable bonds is 11. The molecule has 2 fully saturated rings. The molecule has 42 heavy (non-hydrogen) atoms. The molecular weight excluding hydrogens is 560 g/mol. The van der Waals surface area contributed by atoms with E-state index in [2.05, 4.69) is 0 Å². The van der Waals surface area contributed by atoms with Gasteiger partial charge in [-0.1, -0.05) is 18.2 Å². The van der Waals surface area contributed by atoms with Crippen LogP contribution in [0.25, 0.3) is 6.08 Å². The molecule has 8 atom stereocenters. The van der Waals surface area contributed by atoms with Gasteiger partial charge in [0.05, 0.1) is 26.4 Å². The molecule has 0 aliphatic carbocycles. The number of aliphatic hydroxyl groups is 5. The molecule has 4 rings (SSSR count). The summed E-state index contributed by atoms with van der Waals surface area (Å²) in [6.45, 7) is -1.97. The molecule has 230 valence electrons. The lowest BCUT2D eigenvalue weighted by Gasteiger charge is -2.43. The highest BCUT2D eigenvalue weighted by atomic mass is 16.8. The van der Waals surface area contributed by atoms with Gasteiger partial charge in [-0.15, -0.1) is 0 Å². The Hall–Kier alpha value is -3.31. The summed E-state index contributed by atoms with van der Waals surface area (Å²) in [5, 5.41) is 80.0. The van der Waals surface area contributed by atoms with Crippen molar-refractivity contribution >= 4 is 12.0 Å². The Morgan fingerprint density at radius 2 is 1.74 bits per heavy atom. The minimum atomic E-state index is -2.02. The van der Waals surface area contributed by atoms with E-state index >= 15 is 0 Å². The maximum absolute atomic E-state index is 12.6. The van der Waals surface area contributed by atoms with Crippen LogP contribution in [0.15, 0.2) is 48.5 Å². The second-order valence-electron chi connectivity index (χ2n) is 9.97. The van der Waals surface area contributed by atoms with Crippen molar-refractivity contribution in [3.8, 4) is 17.2 Å². The number of phenolic OH excluding ortho intramolecular Hbond substituents is 3. The third kappa shape index (κ3) is 7.36. The fourth-order valence-corrected chi connectivity index (χ4v) is 4.47. The number of hydrogen-bond donors (Lipinski definition) is 8. The normalized spacial score (nSPS) is 31.4. The fraction of sp³-hybridized carbons (Fsp3) is 0.464. The molecule has 14 nitrogen and oxygen atoms in total. The summed E-state index contributed by atoms with van der Waals surface area (Å²) < 4.78 is 28.0. The van der Waals surface area contributed by atoms with Crippen molar-refractivity contribution in [2.45, 2.75) is 55.1 Å². The summed E-state index contributed by atoms with van der Waals surface area (Å²) in [5.74, 6) is -1.61. The summed E-state index contributed by atoms with van der Waals surface area (Å²) in [6.07, 6.45) is -7.89. The Bertz CT molecular complexity index is 1220. The summed E-state index contributed by atoms with van der Waals surface area (Å²) in [4.78, 5) is 12.6. The second kappa shape index (κ2) is 13.8. The van der Waals surface area contributed by atoms with Crippen LogP contribution in [0, 0.1) is 0 Å². The van der Waals surface area contributed by atoms with Crippen molar-refractivity contribution in [1.82, 2.24) is 0 Å². The van der Waals surface area contributed by atoms with Crippen LogP contribution >= 0.6 is 0 Å². The number of aliphatic hydroxyl groups excluding tert-OH is 4. The molecule has 2 heterocycles. The molecule has 2 aromatic carbocycles. The summed E-state index contributed by atoms with van der Waals surface area (Å²) in [7, 11) is 0. The molecule has 2 aromatic rings. The molecule has 0 unspecified atom stereocenters. The SMILES string of the molecule is O=C(/C=C/c1ccc(O)c(O)c1)O[C@H]1[C@@H](O)[C@H](O[C@H]2OC[C@@](O)(CO)[C@H]2O)[C@H](OCCc2ccc(O)cc2)O[C@H]1CO. The molecule has 0 aromatic heterocycles. The molecular formula is C28H34O14. The Balaban J connectivity index is 1.49. The van der Waals surface area contributed by atoms with Crippen molar-refractivity contribution < 1.29 is 69.3 Å². The lowest BCUT2D eigenvalue weighted by Crippen LogP contribution is -2.62. The highest BCUT2D eigenvalue weighted by molar-refractivity contribution is 5.87. The van der Waals surface area contributed by atoms with Gasteiger partial charge in [0.2, 0.25) is 0 Å². The molecule has 2 aliphatic rings. The number of aromatic hydroxyl groups is 3. The Morgan fingerprint density at radius 1 is 1.00 bits per heavy atom. The highest BCUT2D eigenvalue weighted by Gasteiger charge is 2.54. The monoisotopic (exact) mass is 594 g/mol. The Kier molecular flexibility index (Phi) is 10.4. The third-order valence-corrected chi connectivity index (χ3v) is 6.94. The molecule has 0 saturated carbocycles. The quantitative estimate of drug-likeness (QED) is 0.0878. The van der Waals surface area contributed by atoms with Gasteiger partial charge in [-0.3, -0.25) is 0 Å². The molecule has 2 aliphatic heterocycles. The van der Waals surface area contributed by atoms with Gasteiger partial charge >= 0.3 is 5.97 Å². The Labute approximate surface area is 240 Å².